The molecule has 1 atom stereocenters. The first-order chi connectivity index (χ1) is 6.11. The lowest BCUT2D eigenvalue weighted by molar-refractivity contribution is 0.314. The highest BCUT2D eigenvalue weighted by Crippen LogP contribution is 2.37. The summed E-state index contributed by atoms with van der Waals surface area (Å²) in [5.74, 6) is -1.97. The highest BCUT2D eigenvalue weighted by Gasteiger charge is 2.27. The molecule has 5 heteroatoms. The third-order valence-corrected chi connectivity index (χ3v) is 2.53. The Kier molecular flexibility index (Phi) is 2.00. The van der Waals surface area contributed by atoms with Crippen molar-refractivity contribution in [3.8, 4) is 5.75 Å². The Bertz CT molecular complexity index is 370. The Morgan fingerprint density at radius 2 is 2.15 bits per heavy atom. The zero-order valence-electron chi connectivity index (χ0n) is 6.48. The van der Waals surface area contributed by atoms with E-state index in [4.69, 9.17) is 10.5 Å². The van der Waals surface area contributed by atoms with Gasteiger partial charge in [-0.2, -0.15) is 4.39 Å². The zero-order chi connectivity index (χ0) is 9.59. The fourth-order valence-corrected chi connectivity index (χ4v) is 1.70. The topological polar surface area (TPSA) is 35.2 Å². The molecule has 0 aromatic heterocycles. The molecule has 70 valence electrons. The zero-order valence-corrected chi connectivity index (χ0v) is 8.07. The van der Waals surface area contributed by atoms with Crippen molar-refractivity contribution >= 4 is 15.9 Å². The van der Waals surface area contributed by atoms with Gasteiger partial charge in [0.1, 0.15) is 6.61 Å². The van der Waals surface area contributed by atoms with E-state index >= 15 is 0 Å². The van der Waals surface area contributed by atoms with Gasteiger partial charge in [-0.05, 0) is 22.0 Å². The summed E-state index contributed by atoms with van der Waals surface area (Å²) in [6.45, 7) is 0.197. The molecule has 1 aromatic carbocycles. The fourth-order valence-electron chi connectivity index (χ4n) is 1.28. The van der Waals surface area contributed by atoms with E-state index in [1.165, 1.54) is 6.07 Å². The van der Waals surface area contributed by atoms with Gasteiger partial charge in [-0.15, -0.1) is 0 Å². The van der Waals surface area contributed by atoms with E-state index in [2.05, 4.69) is 15.9 Å². The summed E-state index contributed by atoms with van der Waals surface area (Å²) in [4.78, 5) is 0. The molecule has 0 amide bonds. The normalized spacial score (nSPS) is 19.8. The average Bonchev–Trinajstić information content (AvgIpc) is 2.45. The van der Waals surface area contributed by atoms with E-state index in [1.807, 2.05) is 0 Å². The van der Waals surface area contributed by atoms with Gasteiger partial charge in [0.25, 0.3) is 0 Å². The minimum atomic E-state index is -0.975. The number of fused-ring (bicyclic) bond motifs is 1. The van der Waals surface area contributed by atoms with Crippen LogP contribution in [0.25, 0.3) is 0 Å². The number of hydrogen-bond acceptors (Lipinski definition) is 2. The lowest BCUT2D eigenvalue weighted by Gasteiger charge is -2.04. The Balaban J connectivity index is 2.67. The standard InChI is InChI=1S/C8H6BrF2NO/c9-4-1-3-5(12)2-13-8(3)7(11)6(4)10/h1,5H,2,12H2/t5-/m0/s1. The van der Waals surface area contributed by atoms with Gasteiger partial charge in [-0.3, -0.25) is 0 Å². The summed E-state index contributed by atoms with van der Waals surface area (Å²) in [6, 6.07) is 1.08. The van der Waals surface area contributed by atoms with E-state index in [1.54, 1.807) is 0 Å². The summed E-state index contributed by atoms with van der Waals surface area (Å²) in [6.07, 6.45) is 0. The second kappa shape index (κ2) is 2.92. The Hall–Kier alpha value is -0.680. The minimum Gasteiger partial charge on any atom is -0.488 e. The number of benzene rings is 1. The van der Waals surface area contributed by atoms with Crippen LogP contribution in [0.15, 0.2) is 10.5 Å². The number of rotatable bonds is 0. The lowest BCUT2D eigenvalue weighted by atomic mass is 10.1. The molecular weight excluding hydrogens is 244 g/mol. The number of hydrogen-bond donors (Lipinski definition) is 1. The second-order valence-electron chi connectivity index (χ2n) is 2.82. The van der Waals surface area contributed by atoms with Crippen LogP contribution < -0.4 is 10.5 Å². The molecule has 1 aromatic rings. The third kappa shape index (κ3) is 1.23. The van der Waals surface area contributed by atoms with Gasteiger partial charge in [0.2, 0.25) is 5.82 Å². The molecule has 0 spiro atoms. The molecule has 0 bridgehead atoms. The molecule has 2 rings (SSSR count). The lowest BCUT2D eigenvalue weighted by Crippen LogP contribution is -2.10. The molecule has 0 fully saturated rings. The first-order valence-electron chi connectivity index (χ1n) is 3.67. The van der Waals surface area contributed by atoms with Crippen molar-refractivity contribution in [3.63, 3.8) is 0 Å². The molecule has 1 heterocycles. The van der Waals surface area contributed by atoms with Crippen LogP contribution in [0.4, 0.5) is 8.78 Å². The predicted octanol–water partition coefficient (Wildman–Crippen LogP) is 2.12. The van der Waals surface area contributed by atoms with E-state index in [-0.39, 0.29) is 22.9 Å². The summed E-state index contributed by atoms with van der Waals surface area (Å²) in [7, 11) is 0. The van der Waals surface area contributed by atoms with Gasteiger partial charge in [0, 0.05) is 5.56 Å². The van der Waals surface area contributed by atoms with E-state index in [9.17, 15) is 8.78 Å². The second-order valence-corrected chi connectivity index (χ2v) is 3.68. The fraction of sp³-hybridized carbons (Fsp3) is 0.250. The molecule has 0 saturated carbocycles. The highest BCUT2D eigenvalue weighted by molar-refractivity contribution is 9.10. The Morgan fingerprint density at radius 3 is 2.85 bits per heavy atom. The van der Waals surface area contributed by atoms with Gasteiger partial charge in [0.15, 0.2) is 11.6 Å². The van der Waals surface area contributed by atoms with Crippen LogP contribution in [0, 0.1) is 11.6 Å². The smallest absolute Gasteiger partial charge is 0.202 e. The van der Waals surface area contributed by atoms with Crippen molar-refractivity contribution in [3.05, 3.63) is 27.7 Å². The molecule has 0 unspecified atom stereocenters. The first-order valence-corrected chi connectivity index (χ1v) is 4.46. The summed E-state index contributed by atoms with van der Waals surface area (Å²) in [5, 5.41) is 0. The van der Waals surface area contributed by atoms with Gasteiger partial charge in [-0.1, -0.05) is 0 Å². The van der Waals surface area contributed by atoms with Crippen LogP contribution in [0.2, 0.25) is 0 Å². The molecule has 1 aliphatic rings. The minimum absolute atomic E-state index is 0.0619. The molecule has 2 N–H and O–H groups in total. The van der Waals surface area contributed by atoms with Crippen LogP contribution in [-0.2, 0) is 0 Å². The van der Waals surface area contributed by atoms with Crippen LogP contribution in [0.1, 0.15) is 11.6 Å². The van der Waals surface area contributed by atoms with Crippen molar-refractivity contribution in [1.29, 1.82) is 0 Å². The van der Waals surface area contributed by atoms with E-state index in [0.717, 1.165) is 0 Å². The average molecular weight is 250 g/mol. The maximum Gasteiger partial charge on any atom is 0.202 e. The van der Waals surface area contributed by atoms with Gasteiger partial charge in [0.05, 0.1) is 10.5 Å². The van der Waals surface area contributed by atoms with Crippen molar-refractivity contribution < 1.29 is 13.5 Å². The highest BCUT2D eigenvalue weighted by atomic mass is 79.9. The summed E-state index contributed by atoms with van der Waals surface area (Å²) in [5.41, 5.74) is 6.10. The maximum atomic E-state index is 13.2. The van der Waals surface area contributed by atoms with Gasteiger partial charge >= 0.3 is 0 Å². The van der Waals surface area contributed by atoms with Crippen molar-refractivity contribution in [2.75, 3.05) is 6.61 Å². The monoisotopic (exact) mass is 249 g/mol. The molecule has 2 nitrogen and oxygen atoms in total. The third-order valence-electron chi connectivity index (χ3n) is 1.95. The quantitative estimate of drug-likeness (QED) is 0.716. The summed E-state index contributed by atoms with van der Waals surface area (Å²) < 4.78 is 31.1. The Labute approximate surface area is 81.8 Å². The van der Waals surface area contributed by atoms with Crippen molar-refractivity contribution in [1.82, 2.24) is 0 Å². The van der Waals surface area contributed by atoms with Crippen LogP contribution in [0.3, 0.4) is 0 Å². The van der Waals surface area contributed by atoms with Crippen LogP contribution in [-0.4, -0.2) is 6.61 Å². The Morgan fingerprint density at radius 1 is 1.46 bits per heavy atom. The van der Waals surface area contributed by atoms with E-state index < -0.39 is 11.6 Å². The first kappa shape index (κ1) is 8.90. The van der Waals surface area contributed by atoms with Crippen molar-refractivity contribution in [2.45, 2.75) is 6.04 Å². The molecule has 13 heavy (non-hydrogen) atoms. The largest absolute Gasteiger partial charge is 0.488 e. The van der Waals surface area contributed by atoms with Crippen molar-refractivity contribution in [2.24, 2.45) is 5.73 Å². The molecular formula is C8H6BrF2NO. The van der Waals surface area contributed by atoms with Gasteiger partial charge in [-0.25, -0.2) is 4.39 Å². The van der Waals surface area contributed by atoms with Gasteiger partial charge < -0.3 is 10.5 Å². The SMILES string of the molecule is N[C@H]1COc2c1cc(Br)c(F)c2F. The number of ether oxygens (including phenoxy) is 1. The number of halogens is 3. The van der Waals surface area contributed by atoms with Crippen LogP contribution >= 0.6 is 15.9 Å². The summed E-state index contributed by atoms with van der Waals surface area (Å²) >= 11 is 2.90. The predicted molar refractivity (Wildman–Crippen MR) is 46.5 cm³/mol. The maximum absolute atomic E-state index is 13.2. The molecule has 0 aliphatic carbocycles. The molecule has 0 radical (unpaired) electrons. The van der Waals surface area contributed by atoms with Crippen LogP contribution in [0.5, 0.6) is 5.75 Å². The molecule has 1 aliphatic heterocycles. The van der Waals surface area contributed by atoms with E-state index in [0.29, 0.717) is 5.56 Å². The molecule has 0 saturated heterocycles. The number of nitrogens with two attached hydrogens (primary N) is 1.